The number of primary sulfonamides is 1. The smallest absolute Gasteiger partial charge is 0.238 e. The molecule has 0 aliphatic carbocycles. The van der Waals surface area contributed by atoms with Gasteiger partial charge in [-0.2, -0.15) is 0 Å². The van der Waals surface area contributed by atoms with E-state index in [9.17, 15) is 8.42 Å². The fourth-order valence-corrected chi connectivity index (χ4v) is 2.57. The quantitative estimate of drug-likeness (QED) is 0.728. The summed E-state index contributed by atoms with van der Waals surface area (Å²) in [7, 11) is -1.81. The first-order chi connectivity index (χ1) is 10.4. The maximum absolute atomic E-state index is 11.2. The Kier molecular flexibility index (Phi) is 3.51. The number of benzene rings is 1. The molecular formula is C13H14N6O2S. The predicted octanol–water partition coefficient (Wildman–Crippen LogP) is 0.623. The van der Waals surface area contributed by atoms with Crippen LogP contribution < -0.4 is 10.5 Å². The molecule has 3 N–H and O–H groups in total. The highest BCUT2D eigenvalue weighted by Crippen LogP contribution is 2.17. The lowest BCUT2D eigenvalue weighted by Crippen LogP contribution is -2.12. The van der Waals surface area contributed by atoms with Crippen molar-refractivity contribution in [1.29, 1.82) is 0 Å². The Balaban J connectivity index is 1.79. The van der Waals surface area contributed by atoms with Crippen LogP contribution in [0.3, 0.4) is 0 Å². The lowest BCUT2D eigenvalue weighted by molar-refractivity contribution is 0.598. The number of imidazole rings is 1. The normalized spacial score (nSPS) is 11.7. The van der Waals surface area contributed by atoms with Crippen LogP contribution in [0.1, 0.15) is 5.56 Å². The van der Waals surface area contributed by atoms with Gasteiger partial charge in [0.25, 0.3) is 0 Å². The third kappa shape index (κ3) is 2.76. The molecule has 9 heteroatoms. The van der Waals surface area contributed by atoms with E-state index in [1.54, 1.807) is 18.5 Å². The number of anilines is 1. The molecule has 114 valence electrons. The van der Waals surface area contributed by atoms with Crippen molar-refractivity contribution in [3.8, 4) is 0 Å². The van der Waals surface area contributed by atoms with Gasteiger partial charge in [-0.1, -0.05) is 12.1 Å². The molecule has 0 bridgehead atoms. The van der Waals surface area contributed by atoms with E-state index in [0.717, 1.165) is 11.2 Å². The van der Waals surface area contributed by atoms with E-state index in [2.05, 4.69) is 20.3 Å². The monoisotopic (exact) mass is 318 g/mol. The summed E-state index contributed by atoms with van der Waals surface area (Å²) in [6.07, 6.45) is 3.14. The molecule has 3 rings (SSSR count). The van der Waals surface area contributed by atoms with Crippen molar-refractivity contribution in [2.24, 2.45) is 12.2 Å². The third-order valence-electron chi connectivity index (χ3n) is 3.21. The summed E-state index contributed by atoms with van der Waals surface area (Å²) < 4.78 is 24.2. The van der Waals surface area contributed by atoms with Crippen LogP contribution >= 0.6 is 0 Å². The molecule has 0 fully saturated rings. The highest BCUT2D eigenvalue weighted by Gasteiger charge is 2.09. The summed E-state index contributed by atoms with van der Waals surface area (Å²) >= 11 is 0. The van der Waals surface area contributed by atoms with Gasteiger partial charge in [0.15, 0.2) is 11.5 Å². The lowest BCUT2D eigenvalue weighted by atomic mass is 10.2. The van der Waals surface area contributed by atoms with Crippen molar-refractivity contribution in [3.63, 3.8) is 0 Å². The van der Waals surface area contributed by atoms with Gasteiger partial charge in [0.2, 0.25) is 10.0 Å². The fraction of sp³-hybridized carbons (Fsp3) is 0.154. The van der Waals surface area contributed by atoms with Gasteiger partial charge in [-0.25, -0.2) is 28.5 Å². The molecule has 0 unspecified atom stereocenters. The zero-order valence-electron chi connectivity index (χ0n) is 11.8. The number of nitrogens with zero attached hydrogens (tertiary/aromatic N) is 4. The second-order valence-electron chi connectivity index (χ2n) is 4.79. The molecule has 0 aliphatic heterocycles. The maximum Gasteiger partial charge on any atom is 0.238 e. The van der Waals surface area contributed by atoms with Gasteiger partial charge in [-0.05, 0) is 17.7 Å². The van der Waals surface area contributed by atoms with Crippen molar-refractivity contribution in [3.05, 3.63) is 42.5 Å². The minimum Gasteiger partial charge on any atom is -0.364 e. The first-order valence-corrected chi connectivity index (χ1v) is 7.97. The van der Waals surface area contributed by atoms with Crippen molar-refractivity contribution < 1.29 is 8.42 Å². The third-order valence-corrected chi connectivity index (χ3v) is 4.14. The first kappa shape index (κ1) is 14.4. The zero-order chi connectivity index (χ0) is 15.7. The molecular weight excluding hydrogens is 304 g/mol. The van der Waals surface area contributed by atoms with Crippen LogP contribution in [0.25, 0.3) is 11.2 Å². The van der Waals surface area contributed by atoms with Crippen LogP contribution in [0.15, 0.2) is 41.8 Å². The second kappa shape index (κ2) is 5.35. The molecule has 22 heavy (non-hydrogen) atoms. The van der Waals surface area contributed by atoms with E-state index in [1.165, 1.54) is 18.5 Å². The Morgan fingerprint density at radius 2 is 1.91 bits per heavy atom. The largest absolute Gasteiger partial charge is 0.364 e. The molecule has 2 aromatic heterocycles. The Morgan fingerprint density at radius 3 is 2.59 bits per heavy atom. The SMILES string of the molecule is Cn1cnc2c(NCc3ccc(S(N)(=O)=O)cc3)ncnc21. The Bertz CT molecular complexity index is 917. The average molecular weight is 318 g/mol. The number of aromatic nitrogens is 4. The molecule has 1 aromatic carbocycles. The molecule has 0 saturated carbocycles. The van der Waals surface area contributed by atoms with Crippen LogP contribution in [-0.2, 0) is 23.6 Å². The number of hydrogen-bond acceptors (Lipinski definition) is 6. The number of fused-ring (bicyclic) bond motifs is 1. The standard InChI is InChI=1S/C13H14N6O2S/c1-19-8-18-11-12(16-7-17-13(11)19)15-6-9-2-4-10(5-3-9)22(14,20)21/h2-5,7-8H,6H2,1H3,(H2,14,20,21)(H,15,16,17). The molecule has 3 aromatic rings. The molecule has 0 spiro atoms. The van der Waals surface area contributed by atoms with E-state index < -0.39 is 10.0 Å². The molecule has 0 amide bonds. The van der Waals surface area contributed by atoms with Crippen molar-refractivity contribution in [1.82, 2.24) is 19.5 Å². The number of nitrogens with one attached hydrogen (secondary N) is 1. The van der Waals surface area contributed by atoms with Crippen LogP contribution in [0.4, 0.5) is 5.82 Å². The molecule has 0 radical (unpaired) electrons. The van der Waals surface area contributed by atoms with Crippen LogP contribution in [-0.4, -0.2) is 27.9 Å². The zero-order valence-corrected chi connectivity index (χ0v) is 12.6. The summed E-state index contributed by atoms with van der Waals surface area (Å²) in [6.45, 7) is 0.480. The van der Waals surface area contributed by atoms with Crippen molar-refractivity contribution in [2.75, 3.05) is 5.32 Å². The highest BCUT2D eigenvalue weighted by molar-refractivity contribution is 7.89. The van der Waals surface area contributed by atoms with Crippen LogP contribution in [0, 0.1) is 0 Å². The Hall–Kier alpha value is -2.52. The second-order valence-corrected chi connectivity index (χ2v) is 6.35. The van der Waals surface area contributed by atoms with E-state index in [4.69, 9.17) is 5.14 Å². The highest BCUT2D eigenvalue weighted by atomic mass is 32.2. The topological polar surface area (TPSA) is 116 Å². The van der Waals surface area contributed by atoms with Crippen LogP contribution in [0.5, 0.6) is 0 Å². The molecule has 2 heterocycles. The summed E-state index contributed by atoms with van der Waals surface area (Å²) in [5, 5.41) is 8.23. The molecule has 0 atom stereocenters. The van der Waals surface area contributed by atoms with E-state index in [-0.39, 0.29) is 4.90 Å². The van der Waals surface area contributed by atoms with Crippen molar-refractivity contribution in [2.45, 2.75) is 11.4 Å². The number of nitrogens with two attached hydrogens (primary N) is 1. The van der Waals surface area contributed by atoms with Gasteiger partial charge < -0.3 is 9.88 Å². The van der Waals surface area contributed by atoms with Gasteiger partial charge in [0, 0.05) is 13.6 Å². The molecule has 8 nitrogen and oxygen atoms in total. The number of aryl methyl sites for hydroxylation is 1. The summed E-state index contributed by atoms with van der Waals surface area (Å²) in [6, 6.07) is 6.35. The van der Waals surface area contributed by atoms with Crippen molar-refractivity contribution >= 4 is 27.0 Å². The minimum absolute atomic E-state index is 0.0883. The lowest BCUT2D eigenvalue weighted by Gasteiger charge is -2.06. The average Bonchev–Trinajstić information content (AvgIpc) is 2.87. The number of hydrogen-bond donors (Lipinski definition) is 2. The first-order valence-electron chi connectivity index (χ1n) is 6.43. The summed E-state index contributed by atoms with van der Waals surface area (Å²) in [5.41, 5.74) is 2.32. The number of sulfonamides is 1. The molecule has 0 aliphatic rings. The predicted molar refractivity (Wildman–Crippen MR) is 81.4 cm³/mol. The summed E-state index contributed by atoms with van der Waals surface area (Å²) in [5.74, 6) is 0.626. The van der Waals surface area contributed by atoms with Gasteiger partial charge >= 0.3 is 0 Å². The maximum atomic E-state index is 11.2. The Morgan fingerprint density at radius 1 is 1.18 bits per heavy atom. The number of rotatable bonds is 4. The van der Waals surface area contributed by atoms with E-state index in [1.807, 2.05) is 11.6 Å². The van der Waals surface area contributed by atoms with Gasteiger partial charge in [0.05, 0.1) is 11.2 Å². The fourth-order valence-electron chi connectivity index (χ4n) is 2.06. The van der Waals surface area contributed by atoms with Gasteiger partial charge in [0.1, 0.15) is 11.8 Å². The summed E-state index contributed by atoms with van der Waals surface area (Å²) in [4.78, 5) is 12.7. The van der Waals surface area contributed by atoms with Gasteiger partial charge in [-0.3, -0.25) is 0 Å². The van der Waals surface area contributed by atoms with E-state index >= 15 is 0 Å². The van der Waals surface area contributed by atoms with Gasteiger partial charge in [-0.15, -0.1) is 0 Å². The molecule has 0 saturated heterocycles. The van der Waals surface area contributed by atoms with E-state index in [0.29, 0.717) is 17.9 Å². The minimum atomic E-state index is -3.67. The van der Waals surface area contributed by atoms with Crippen LogP contribution in [0.2, 0.25) is 0 Å². The Labute approximate surface area is 127 Å².